The third kappa shape index (κ3) is 2.13. The lowest BCUT2D eigenvalue weighted by molar-refractivity contribution is 0.187. The highest BCUT2D eigenvalue weighted by atomic mass is 35.5. The molecule has 2 aromatic heterocycles. The molecule has 1 aromatic carbocycles. The van der Waals surface area contributed by atoms with Crippen molar-refractivity contribution >= 4 is 22.5 Å². The minimum Gasteiger partial charge on any atom is -0.383 e. The smallest absolute Gasteiger partial charge is 0.155 e. The van der Waals surface area contributed by atoms with Crippen LogP contribution in [0.15, 0.2) is 36.8 Å². The van der Waals surface area contributed by atoms with Crippen molar-refractivity contribution in [3.05, 3.63) is 41.9 Å². The second kappa shape index (κ2) is 5.07. The molecule has 0 bridgehead atoms. The Morgan fingerprint density at radius 1 is 1.37 bits per heavy atom. The van der Waals surface area contributed by atoms with Gasteiger partial charge in [-0.05, 0) is 6.07 Å². The van der Waals surface area contributed by atoms with E-state index in [9.17, 15) is 0 Å². The maximum Gasteiger partial charge on any atom is 0.155 e. The minimum atomic E-state index is 0.515. The number of ether oxygens (including phenoxy) is 1. The first-order valence-electron chi connectivity index (χ1n) is 6.07. The summed E-state index contributed by atoms with van der Waals surface area (Å²) in [6.07, 6.45) is 3.72. The molecular formula is C14H14ClN3O. The van der Waals surface area contributed by atoms with E-state index < -0.39 is 0 Å². The summed E-state index contributed by atoms with van der Waals surface area (Å²) in [4.78, 5) is 7.45. The third-order valence-electron chi connectivity index (χ3n) is 3.17. The zero-order valence-electron chi connectivity index (χ0n) is 10.6. The normalized spacial score (nSPS) is 11.3. The molecule has 0 aliphatic rings. The Hall–Kier alpha value is -1.78. The number of methoxy groups -OCH3 is 1. The van der Waals surface area contributed by atoms with E-state index >= 15 is 0 Å². The Labute approximate surface area is 116 Å². The van der Waals surface area contributed by atoms with Crippen LogP contribution in [-0.4, -0.2) is 28.3 Å². The molecule has 0 saturated carbocycles. The van der Waals surface area contributed by atoms with E-state index in [0.29, 0.717) is 11.8 Å². The fourth-order valence-corrected chi connectivity index (χ4v) is 2.50. The fourth-order valence-electron chi connectivity index (χ4n) is 2.25. The van der Waals surface area contributed by atoms with Crippen molar-refractivity contribution in [1.82, 2.24) is 14.5 Å². The van der Waals surface area contributed by atoms with Crippen LogP contribution in [0, 0.1) is 0 Å². The predicted octanol–water partition coefficient (Wildman–Crippen LogP) is 3.33. The number of hydrogen-bond acceptors (Lipinski definition) is 2. The van der Waals surface area contributed by atoms with Crippen molar-refractivity contribution in [2.24, 2.45) is 0 Å². The average molecular weight is 276 g/mol. The molecule has 2 heterocycles. The summed E-state index contributed by atoms with van der Waals surface area (Å²) < 4.78 is 7.13. The van der Waals surface area contributed by atoms with Crippen LogP contribution in [0.4, 0.5) is 0 Å². The van der Waals surface area contributed by atoms with E-state index in [1.165, 1.54) is 0 Å². The minimum absolute atomic E-state index is 0.515. The van der Waals surface area contributed by atoms with Crippen LogP contribution in [0.2, 0.25) is 5.15 Å². The van der Waals surface area contributed by atoms with Gasteiger partial charge in [-0.3, -0.25) is 0 Å². The monoisotopic (exact) mass is 275 g/mol. The summed E-state index contributed by atoms with van der Waals surface area (Å²) in [5, 5.41) is 1.66. The molecule has 4 nitrogen and oxygen atoms in total. The summed E-state index contributed by atoms with van der Waals surface area (Å²) in [5.74, 6) is 0. The molecule has 0 radical (unpaired) electrons. The standard InChI is InChI=1S/C14H14ClN3O/c1-19-7-6-18-9-17-14(15)13(18)11-8-16-12-5-3-2-4-10(11)12/h2-5,8-9,16H,6-7H2,1H3. The summed E-state index contributed by atoms with van der Waals surface area (Å²) in [6.45, 7) is 1.35. The zero-order valence-corrected chi connectivity index (χ0v) is 11.3. The van der Waals surface area contributed by atoms with E-state index in [-0.39, 0.29) is 0 Å². The van der Waals surface area contributed by atoms with E-state index in [1.54, 1.807) is 13.4 Å². The number of halogens is 1. The lowest BCUT2D eigenvalue weighted by Crippen LogP contribution is -2.04. The van der Waals surface area contributed by atoms with Gasteiger partial charge >= 0.3 is 0 Å². The van der Waals surface area contributed by atoms with Crippen LogP contribution in [0.5, 0.6) is 0 Å². The van der Waals surface area contributed by atoms with Gasteiger partial charge in [0.15, 0.2) is 5.15 Å². The van der Waals surface area contributed by atoms with Gasteiger partial charge in [0.2, 0.25) is 0 Å². The number of rotatable bonds is 4. The first-order valence-corrected chi connectivity index (χ1v) is 6.45. The Morgan fingerprint density at radius 2 is 2.21 bits per heavy atom. The molecule has 98 valence electrons. The Balaban J connectivity index is 2.13. The van der Waals surface area contributed by atoms with Gasteiger partial charge in [0.1, 0.15) is 0 Å². The number of nitrogens with zero attached hydrogens (tertiary/aromatic N) is 2. The highest BCUT2D eigenvalue weighted by Gasteiger charge is 2.15. The lowest BCUT2D eigenvalue weighted by atomic mass is 10.1. The Bertz CT molecular complexity index is 702. The maximum atomic E-state index is 6.23. The average Bonchev–Trinajstić information content (AvgIpc) is 3.00. The molecule has 3 rings (SSSR count). The third-order valence-corrected chi connectivity index (χ3v) is 3.45. The van der Waals surface area contributed by atoms with Gasteiger partial charge in [-0.2, -0.15) is 0 Å². The lowest BCUT2D eigenvalue weighted by Gasteiger charge is -2.07. The molecule has 3 aromatic rings. The van der Waals surface area contributed by atoms with Crippen LogP contribution in [-0.2, 0) is 11.3 Å². The maximum absolute atomic E-state index is 6.23. The van der Waals surface area contributed by atoms with Crippen LogP contribution in [0.25, 0.3) is 22.2 Å². The van der Waals surface area contributed by atoms with E-state index in [4.69, 9.17) is 16.3 Å². The van der Waals surface area contributed by atoms with Crippen LogP contribution >= 0.6 is 11.6 Å². The zero-order chi connectivity index (χ0) is 13.2. The number of nitrogens with one attached hydrogen (secondary N) is 1. The highest BCUT2D eigenvalue weighted by Crippen LogP contribution is 2.32. The van der Waals surface area contributed by atoms with Crippen molar-refractivity contribution in [3.63, 3.8) is 0 Å². The number of para-hydroxylation sites is 1. The largest absolute Gasteiger partial charge is 0.383 e. The number of H-pyrrole nitrogens is 1. The number of aromatic nitrogens is 3. The van der Waals surface area contributed by atoms with Crippen molar-refractivity contribution in [2.45, 2.75) is 6.54 Å². The molecule has 19 heavy (non-hydrogen) atoms. The van der Waals surface area contributed by atoms with Crippen molar-refractivity contribution < 1.29 is 4.74 Å². The van der Waals surface area contributed by atoms with Crippen molar-refractivity contribution in [3.8, 4) is 11.3 Å². The summed E-state index contributed by atoms with van der Waals surface area (Å²) >= 11 is 6.23. The fraction of sp³-hybridized carbons (Fsp3) is 0.214. The van der Waals surface area contributed by atoms with Gasteiger partial charge < -0.3 is 14.3 Å². The number of aromatic amines is 1. The quantitative estimate of drug-likeness (QED) is 0.794. The summed E-state index contributed by atoms with van der Waals surface area (Å²) in [7, 11) is 1.68. The number of imidazole rings is 1. The molecule has 5 heteroatoms. The second-order valence-corrected chi connectivity index (χ2v) is 4.68. The predicted molar refractivity (Wildman–Crippen MR) is 76.4 cm³/mol. The first-order chi connectivity index (χ1) is 9.31. The molecule has 0 fully saturated rings. The van der Waals surface area contributed by atoms with Crippen molar-refractivity contribution in [2.75, 3.05) is 13.7 Å². The van der Waals surface area contributed by atoms with Crippen LogP contribution < -0.4 is 0 Å². The number of fused-ring (bicyclic) bond motifs is 1. The Kier molecular flexibility index (Phi) is 3.27. The van der Waals surface area contributed by atoms with Gasteiger partial charge in [0, 0.05) is 36.3 Å². The van der Waals surface area contributed by atoms with Gasteiger partial charge in [-0.15, -0.1) is 0 Å². The topological polar surface area (TPSA) is 42.8 Å². The van der Waals surface area contributed by atoms with E-state index in [1.807, 2.05) is 29.0 Å². The first kappa shape index (κ1) is 12.3. The molecule has 0 aliphatic carbocycles. The molecule has 1 N–H and O–H groups in total. The molecule has 0 saturated heterocycles. The molecule has 0 amide bonds. The summed E-state index contributed by atoms with van der Waals surface area (Å²) in [6, 6.07) is 8.14. The van der Waals surface area contributed by atoms with Gasteiger partial charge in [-0.1, -0.05) is 29.8 Å². The van der Waals surface area contributed by atoms with Crippen molar-refractivity contribution in [1.29, 1.82) is 0 Å². The molecular weight excluding hydrogens is 262 g/mol. The van der Waals surface area contributed by atoms with Gasteiger partial charge in [0.25, 0.3) is 0 Å². The molecule has 0 spiro atoms. The van der Waals surface area contributed by atoms with Crippen LogP contribution in [0.3, 0.4) is 0 Å². The van der Waals surface area contributed by atoms with E-state index in [2.05, 4.69) is 16.0 Å². The second-order valence-electron chi connectivity index (χ2n) is 4.32. The van der Waals surface area contributed by atoms with Gasteiger partial charge in [0.05, 0.1) is 18.6 Å². The van der Waals surface area contributed by atoms with Crippen LogP contribution in [0.1, 0.15) is 0 Å². The number of benzene rings is 1. The van der Waals surface area contributed by atoms with E-state index in [0.717, 1.165) is 28.7 Å². The Morgan fingerprint density at radius 3 is 3.05 bits per heavy atom. The number of hydrogen-bond donors (Lipinski definition) is 1. The molecule has 0 aliphatic heterocycles. The SMILES string of the molecule is COCCn1cnc(Cl)c1-c1c[nH]c2ccccc12. The molecule has 0 unspecified atom stereocenters. The molecule has 0 atom stereocenters. The summed E-state index contributed by atoms with van der Waals surface area (Å²) in [5.41, 5.74) is 3.08. The van der Waals surface area contributed by atoms with Gasteiger partial charge in [-0.25, -0.2) is 4.98 Å². The highest BCUT2D eigenvalue weighted by molar-refractivity contribution is 6.32.